The number of carbonyl (C=O) groups excluding carboxylic acids is 1. The summed E-state index contributed by atoms with van der Waals surface area (Å²) in [5.41, 5.74) is 2.34. The van der Waals surface area contributed by atoms with Crippen molar-refractivity contribution >= 4 is 11.9 Å². The van der Waals surface area contributed by atoms with Crippen molar-refractivity contribution in [2.45, 2.75) is 32.7 Å². The number of nitrogens with zero attached hydrogens (tertiary/aromatic N) is 4. The van der Waals surface area contributed by atoms with E-state index in [0.29, 0.717) is 18.1 Å². The first-order chi connectivity index (χ1) is 11.3. The smallest absolute Gasteiger partial charge is 0.338 e. The van der Waals surface area contributed by atoms with Gasteiger partial charge in [-0.2, -0.15) is 10.1 Å². The van der Waals surface area contributed by atoms with Crippen molar-refractivity contribution in [1.82, 2.24) is 19.7 Å². The molecule has 3 heterocycles. The molecule has 2 aromatic rings. The second kappa shape index (κ2) is 6.60. The molecule has 1 aliphatic heterocycles. The van der Waals surface area contributed by atoms with E-state index in [1.165, 1.54) is 6.33 Å². The lowest BCUT2D eigenvalue weighted by Gasteiger charge is -2.29. The van der Waals surface area contributed by atoms with Crippen LogP contribution in [0.15, 0.2) is 42.1 Å². The van der Waals surface area contributed by atoms with Crippen LogP contribution in [0.2, 0.25) is 0 Å². The van der Waals surface area contributed by atoms with E-state index >= 15 is 0 Å². The van der Waals surface area contributed by atoms with Crippen LogP contribution in [-0.4, -0.2) is 32.3 Å². The number of rotatable bonds is 5. The van der Waals surface area contributed by atoms with Crippen LogP contribution in [0.25, 0.3) is 0 Å². The molecular formula is C16H19N5O2. The van der Waals surface area contributed by atoms with Gasteiger partial charge in [0.2, 0.25) is 5.95 Å². The standard InChI is InChI=1S/C16H19N5O2/c1-3-5-12-13(15(22)23-4-2)14(11-6-8-17-9-7-11)21-16(20-12)18-10-19-21/h6-10,14H,3-5H2,1-2H3,(H,18,19,20)/t14-/m1/s1. The zero-order valence-electron chi connectivity index (χ0n) is 13.2. The van der Waals surface area contributed by atoms with Gasteiger partial charge < -0.3 is 10.1 Å². The van der Waals surface area contributed by atoms with Gasteiger partial charge in [-0.05, 0) is 31.0 Å². The average Bonchev–Trinajstić information content (AvgIpc) is 3.03. The Morgan fingerprint density at radius 3 is 2.83 bits per heavy atom. The molecule has 0 saturated carbocycles. The number of carbonyl (C=O) groups is 1. The maximum atomic E-state index is 12.6. The number of hydrogen-bond acceptors (Lipinski definition) is 6. The minimum atomic E-state index is -0.364. The van der Waals surface area contributed by atoms with Gasteiger partial charge in [0.05, 0.1) is 12.2 Å². The SMILES string of the molecule is CCCC1=C(C(=O)OCC)[C@@H](c2ccncc2)n2ncnc2N1. The van der Waals surface area contributed by atoms with E-state index in [1.54, 1.807) is 24.0 Å². The molecule has 23 heavy (non-hydrogen) atoms. The lowest BCUT2D eigenvalue weighted by molar-refractivity contribution is -0.139. The molecule has 2 aromatic heterocycles. The zero-order chi connectivity index (χ0) is 16.2. The van der Waals surface area contributed by atoms with E-state index in [0.717, 1.165) is 24.1 Å². The number of anilines is 1. The molecule has 0 unspecified atom stereocenters. The highest BCUT2D eigenvalue weighted by atomic mass is 16.5. The minimum absolute atomic E-state index is 0.327. The number of esters is 1. The van der Waals surface area contributed by atoms with Crippen LogP contribution in [-0.2, 0) is 9.53 Å². The Bertz CT molecular complexity index is 723. The third kappa shape index (κ3) is 2.81. The van der Waals surface area contributed by atoms with Crippen molar-refractivity contribution in [3.63, 3.8) is 0 Å². The molecule has 1 aliphatic rings. The summed E-state index contributed by atoms with van der Waals surface area (Å²) in [6, 6.07) is 3.39. The van der Waals surface area contributed by atoms with Crippen LogP contribution < -0.4 is 5.32 Å². The van der Waals surface area contributed by atoms with Gasteiger partial charge in [0.25, 0.3) is 0 Å². The summed E-state index contributed by atoms with van der Waals surface area (Å²) in [5.74, 6) is 0.301. The van der Waals surface area contributed by atoms with Crippen LogP contribution in [0.3, 0.4) is 0 Å². The highest BCUT2D eigenvalue weighted by Crippen LogP contribution is 2.36. The van der Waals surface area contributed by atoms with Gasteiger partial charge in [-0.1, -0.05) is 13.3 Å². The monoisotopic (exact) mass is 313 g/mol. The highest BCUT2D eigenvalue weighted by Gasteiger charge is 2.35. The number of aromatic nitrogens is 4. The van der Waals surface area contributed by atoms with Crippen LogP contribution in [0.5, 0.6) is 0 Å². The van der Waals surface area contributed by atoms with Crippen LogP contribution in [0.1, 0.15) is 38.3 Å². The van der Waals surface area contributed by atoms with Gasteiger partial charge in [-0.25, -0.2) is 9.48 Å². The largest absolute Gasteiger partial charge is 0.463 e. The van der Waals surface area contributed by atoms with Crippen molar-refractivity contribution in [3.8, 4) is 0 Å². The number of pyridine rings is 1. The average molecular weight is 313 g/mol. The Morgan fingerprint density at radius 1 is 1.35 bits per heavy atom. The molecular weight excluding hydrogens is 294 g/mol. The van der Waals surface area contributed by atoms with E-state index in [-0.39, 0.29) is 12.0 Å². The van der Waals surface area contributed by atoms with Crippen molar-refractivity contribution in [3.05, 3.63) is 47.7 Å². The summed E-state index contributed by atoms with van der Waals surface area (Å²) in [6.07, 6.45) is 6.53. The van der Waals surface area contributed by atoms with Gasteiger partial charge in [-0.3, -0.25) is 4.98 Å². The summed E-state index contributed by atoms with van der Waals surface area (Å²) in [6.45, 7) is 4.20. The predicted molar refractivity (Wildman–Crippen MR) is 84.6 cm³/mol. The number of ether oxygens (including phenoxy) is 1. The Balaban J connectivity index is 2.15. The topological polar surface area (TPSA) is 81.9 Å². The summed E-state index contributed by atoms with van der Waals surface area (Å²) < 4.78 is 7.00. The Morgan fingerprint density at radius 2 is 2.13 bits per heavy atom. The fourth-order valence-corrected chi connectivity index (χ4v) is 2.76. The number of nitrogens with one attached hydrogen (secondary N) is 1. The summed E-state index contributed by atoms with van der Waals surface area (Å²) in [7, 11) is 0. The van der Waals surface area contributed by atoms with E-state index in [4.69, 9.17) is 4.74 Å². The highest BCUT2D eigenvalue weighted by molar-refractivity contribution is 5.92. The van der Waals surface area contributed by atoms with Gasteiger partial charge in [0.15, 0.2) is 0 Å². The molecule has 1 N–H and O–H groups in total. The fraction of sp³-hybridized carbons (Fsp3) is 0.375. The van der Waals surface area contributed by atoms with Crippen molar-refractivity contribution < 1.29 is 9.53 Å². The van der Waals surface area contributed by atoms with Gasteiger partial charge in [-0.15, -0.1) is 0 Å². The maximum Gasteiger partial charge on any atom is 0.338 e. The molecule has 0 fully saturated rings. The molecule has 0 aromatic carbocycles. The first-order valence-electron chi connectivity index (χ1n) is 7.72. The third-order valence-corrected chi connectivity index (χ3v) is 3.70. The lowest BCUT2D eigenvalue weighted by atomic mass is 9.95. The summed E-state index contributed by atoms with van der Waals surface area (Å²) in [4.78, 5) is 20.9. The maximum absolute atomic E-state index is 12.6. The van der Waals surface area contributed by atoms with Gasteiger partial charge in [0.1, 0.15) is 12.4 Å². The van der Waals surface area contributed by atoms with Crippen molar-refractivity contribution in [2.24, 2.45) is 0 Å². The molecule has 0 saturated heterocycles. The van der Waals surface area contributed by atoms with E-state index < -0.39 is 0 Å². The van der Waals surface area contributed by atoms with Crippen molar-refractivity contribution in [2.75, 3.05) is 11.9 Å². The lowest BCUT2D eigenvalue weighted by Crippen LogP contribution is -2.30. The number of fused-ring (bicyclic) bond motifs is 1. The van der Waals surface area contributed by atoms with Gasteiger partial charge in [0, 0.05) is 18.1 Å². The molecule has 0 amide bonds. The molecule has 0 radical (unpaired) electrons. The Hall–Kier alpha value is -2.70. The zero-order valence-corrected chi connectivity index (χ0v) is 13.2. The summed E-state index contributed by atoms with van der Waals surface area (Å²) >= 11 is 0. The molecule has 3 rings (SSSR count). The third-order valence-electron chi connectivity index (χ3n) is 3.70. The van der Waals surface area contributed by atoms with E-state index in [1.807, 2.05) is 12.1 Å². The molecule has 0 bridgehead atoms. The number of allylic oxidation sites excluding steroid dienone is 1. The first-order valence-corrected chi connectivity index (χ1v) is 7.72. The minimum Gasteiger partial charge on any atom is -0.463 e. The Labute approximate surface area is 134 Å². The second-order valence-electron chi connectivity index (χ2n) is 5.20. The molecule has 120 valence electrons. The second-order valence-corrected chi connectivity index (χ2v) is 5.20. The van der Waals surface area contributed by atoms with Crippen molar-refractivity contribution in [1.29, 1.82) is 0 Å². The molecule has 7 nitrogen and oxygen atoms in total. The quantitative estimate of drug-likeness (QED) is 0.853. The van der Waals surface area contributed by atoms with Crippen LogP contribution in [0, 0.1) is 0 Å². The Kier molecular flexibility index (Phi) is 4.36. The van der Waals surface area contributed by atoms with E-state index in [2.05, 4.69) is 27.3 Å². The first kappa shape index (κ1) is 15.2. The van der Waals surface area contributed by atoms with Gasteiger partial charge >= 0.3 is 5.97 Å². The molecule has 0 aliphatic carbocycles. The predicted octanol–water partition coefficient (Wildman–Crippen LogP) is 2.31. The molecule has 7 heteroatoms. The van der Waals surface area contributed by atoms with Crippen LogP contribution >= 0.6 is 0 Å². The summed E-state index contributed by atoms with van der Waals surface area (Å²) in [5, 5.41) is 7.50. The number of hydrogen-bond donors (Lipinski definition) is 1. The van der Waals surface area contributed by atoms with Crippen LogP contribution in [0.4, 0.5) is 5.95 Å². The fourth-order valence-electron chi connectivity index (χ4n) is 2.76. The molecule has 0 spiro atoms. The van der Waals surface area contributed by atoms with E-state index in [9.17, 15) is 4.79 Å². The normalized spacial score (nSPS) is 16.7. The molecule has 1 atom stereocenters.